The minimum absolute atomic E-state index is 0.266. The Hall–Kier alpha value is -1.13. The van der Waals surface area contributed by atoms with E-state index in [1.807, 2.05) is 0 Å². The summed E-state index contributed by atoms with van der Waals surface area (Å²) in [7, 11) is 1.66. The normalized spacial score (nSPS) is 12.7. The number of benzene rings is 1. The largest absolute Gasteiger partial charge is 0.505 e. The average molecular weight is 227 g/mol. The number of hydrogen-bond donors (Lipinski definition) is 2. The molecule has 1 atom stereocenters. The van der Waals surface area contributed by atoms with Crippen molar-refractivity contribution in [1.82, 2.24) is 5.32 Å². The van der Waals surface area contributed by atoms with Crippen LogP contribution in [0.4, 0.5) is 4.39 Å². The minimum atomic E-state index is -0.584. The van der Waals surface area contributed by atoms with Gasteiger partial charge in [-0.1, -0.05) is 13.0 Å². The van der Waals surface area contributed by atoms with E-state index in [9.17, 15) is 4.39 Å². The molecule has 0 aliphatic heterocycles. The van der Waals surface area contributed by atoms with Crippen LogP contribution in [-0.2, 0) is 11.3 Å². The monoisotopic (exact) mass is 227 g/mol. The number of aromatic hydroxyl groups is 1. The Morgan fingerprint density at radius 2 is 2.25 bits per heavy atom. The van der Waals surface area contributed by atoms with Crippen molar-refractivity contribution in [3.63, 3.8) is 0 Å². The second-order valence-corrected chi connectivity index (χ2v) is 3.73. The lowest BCUT2D eigenvalue weighted by Crippen LogP contribution is -2.32. The molecule has 4 heteroatoms. The summed E-state index contributed by atoms with van der Waals surface area (Å²) >= 11 is 0. The number of phenolic OH excluding ortho intramolecular Hbond substituents is 1. The summed E-state index contributed by atoms with van der Waals surface area (Å²) in [6.07, 6.45) is 0.953. The Morgan fingerprint density at radius 3 is 2.81 bits per heavy atom. The van der Waals surface area contributed by atoms with Gasteiger partial charge in [-0.15, -0.1) is 0 Å². The Labute approximate surface area is 95.2 Å². The highest BCUT2D eigenvalue weighted by molar-refractivity contribution is 5.27. The lowest BCUT2D eigenvalue weighted by Gasteiger charge is -2.15. The SMILES string of the molecule is CCC(COC)NCc1ccc(O)c(F)c1. The van der Waals surface area contributed by atoms with E-state index in [0.29, 0.717) is 13.2 Å². The van der Waals surface area contributed by atoms with Crippen LogP contribution in [0.2, 0.25) is 0 Å². The predicted molar refractivity (Wildman–Crippen MR) is 60.9 cm³/mol. The smallest absolute Gasteiger partial charge is 0.165 e. The van der Waals surface area contributed by atoms with E-state index in [1.54, 1.807) is 13.2 Å². The number of rotatable bonds is 6. The fourth-order valence-electron chi connectivity index (χ4n) is 1.44. The van der Waals surface area contributed by atoms with Crippen molar-refractivity contribution in [3.05, 3.63) is 29.6 Å². The molecule has 2 N–H and O–H groups in total. The molecule has 1 aromatic carbocycles. The molecule has 1 aromatic rings. The molecular formula is C12H18FNO2. The molecule has 0 amide bonds. The first-order valence-corrected chi connectivity index (χ1v) is 5.37. The van der Waals surface area contributed by atoms with Gasteiger partial charge >= 0.3 is 0 Å². The standard InChI is InChI=1S/C12H18FNO2/c1-3-10(8-16-2)14-7-9-4-5-12(15)11(13)6-9/h4-6,10,14-15H,3,7-8H2,1-2H3. The van der Waals surface area contributed by atoms with Crippen molar-refractivity contribution < 1.29 is 14.2 Å². The van der Waals surface area contributed by atoms with Crippen LogP contribution in [-0.4, -0.2) is 24.9 Å². The van der Waals surface area contributed by atoms with Crippen LogP contribution in [0.25, 0.3) is 0 Å². The lowest BCUT2D eigenvalue weighted by atomic mass is 10.2. The third-order valence-corrected chi connectivity index (χ3v) is 2.47. The molecule has 0 aromatic heterocycles. The van der Waals surface area contributed by atoms with Crippen molar-refractivity contribution in [3.8, 4) is 5.75 Å². The van der Waals surface area contributed by atoms with Gasteiger partial charge in [0.1, 0.15) is 0 Å². The molecule has 0 aliphatic carbocycles. The van der Waals surface area contributed by atoms with Crippen LogP contribution in [0.15, 0.2) is 18.2 Å². The number of halogens is 1. The molecule has 0 saturated heterocycles. The molecule has 16 heavy (non-hydrogen) atoms. The Kier molecular flexibility index (Phi) is 5.22. The molecule has 0 aliphatic rings. The van der Waals surface area contributed by atoms with Gasteiger partial charge in [-0.05, 0) is 24.1 Å². The van der Waals surface area contributed by atoms with Crippen molar-refractivity contribution in [2.75, 3.05) is 13.7 Å². The van der Waals surface area contributed by atoms with E-state index in [-0.39, 0.29) is 11.8 Å². The summed E-state index contributed by atoms with van der Waals surface area (Å²) in [6, 6.07) is 4.66. The average Bonchev–Trinajstić information content (AvgIpc) is 2.28. The van der Waals surface area contributed by atoms with E-state index in [0.717, 1.165) is 12.0 Å². The number of nitrogens with one attached hydrogen (secondary N) is 1. The first-order valence-electron chi connectivity index (χ1n) is 5.37. The molecule has 3 nitrogen and oxygen atoms in total. The fourth-order valence-corrected chi connectivity index (χ4v) is 1.44. The number of methoxy groups -OCH3 is 1. The van der Waals surface area contributed by atoms with E-state index in [4.69, 9.17) is 9.84 Å². The Balaban J connectivity index is 2.50. The van der Waals surface area contributed by atoms with Gasteiger partial charge in [0.25, 0.3) is 0 Å². The second-order valence-electron chi connectivity index (χ2n) is 3.73. The third kappa shape index (κ3) is 3.79. The fraction of sp³-hybridized carbons (Fsp3) is 0.500. The maximum Gasteiger partial charge on any atom is 0.165 e. The van der Waals surface area contributed by atoms with Gasteiger partial charge in [0.05, 0.1) is 6.61 Å². The van der Waals surface area contributed by atoms with Crippen molar-refractivity contribution in [2.45, 2.75) is 25.9 Å². The maximum atomic E-state index is 13.0. The zero-order valence-corrected chi connectivity index (χ0v) is 9.66. The van der Waals surface area contributed by atoms with Crippen LogP contribution in [0, 0.1) is 5.82 Å². The molecule has 0 fully saturated rings. The predicted octanol–water partition coefficient (Wildman–Crippen LogP) is 2.05. The topological polar surface area (TPSA) is 41.5 Å². The van der Waals surface area contributed by atoms with Gasteiger partial charge in [-0.25, -0.2) is 4.39 Å². The first kappa shape index (κ1) is 12.9. The summed E-state index contributed by atoms with van der Waals surface area (Å²) < 4.78 is 18.1. The van der Waals surface area contributed by atoms with Gasteiger partial charge in [0.15, 0.2) is 11.6 Å². The van der Waals surface area contributed by atoms with Crippen LogP contribution >= 0.6 is 0 Å². The van der Waals surface area contributed by atoms with Crippen LogP contribution in [0.5, 0.6) is 5.75 Å². The zero-order valence-electron chi connectivity index (χ0n) is 9.66. The van der Waals surface area contributed by atoms with Gasteiger partial charge in [0, 0.05) is 19.7 Å². The summed E-state index contributed by atoms with van der Waals surface area (Å²) in [6.45, 7) is 3.27. The molecule has 1 unspecified atom stereocenters. The highest BCUT2D eigenvalue weighted by Gasteiger charge is 2.06. The molecule has 0 bridgehead atoms. The first-order chi connectivity index (χ1) is 7.67. The number of phenols is 1. The number of ether oxygens (including phenoxy) is 1. The van der Waals surface area contributed by atoms with E-state index in [2.05, 4.69) is 12.2 Å². The summed E-state index contributed by atoms with van der Waals surface area (Å²) in [5.74, 6) is -0.897. The molecule has 0 spiro atoms. The second kappa shape index (κ2) is 6.45. The Morgan fingerprint density at radius 1 is 1.50 bits per heavy atom. The molecule has 90 valence electrons. The summed E-state index contributed by atoms with van der Waals surface area (Å²) in [5.41, 5.74) is 0.810. The van der Waals surface area contributed by atoms with E-state index in [1.165, 1.54) is 12.1 Å². The van der Waals surface area contributed by atoms with Gasteiger partial charge in [0.2, 0.25) is 0 Å². The van der Waals surface area contributed by atoms with Crippen molar-refractivity contribution in [2.24, 2.45) is 0 Å². The summed E-state index contributed by atoms with van der Waals surface area (Å²) in [5, 5.41) is 12.3. The lowest BCUT2D eigenvalue weighted by molar-refractivity contribution is 0.164. The summed E-state index contributed by atoms with van der Waals surface area (Å²) in [4.78, 5) is 0. The maximum absolute atomic E-state index is 13.0. The number of hydrogen-bond acceptors (Lipinski definition) is 3. The molecule has 0 saturated carbocycles. The highest BCUT2D eigenvalue weighted by atomic mass is 19.1. The van der Waals surface area contributed by atoms with Crippen LogP contribution in [0.1, 0.15) is 18.9 Å². The molecular weight excluding hydrogens is 209 g/mol. The van der Waals surface area contributed by atoms with Gasteiger partial charge < -0.3 is 15.2 Å². The van der Waals surface area contributed by atoms with E-state index < -0.39 is 5.82 Å². The van der Waals surface area contributed by atoms with Gasteiger partial charge in [-0.3, -0.25) is 0 Å². The van der Waals surface area contributed by atoms with Crippen molar-refractivity contribution >= 4 is 0 Å². The molecule has 1 rings (SSSR count). The highest BCUT2D eigenvalue weighted by Crippen LogP contribution is 2.16. The van der Waals surface area contributed by atoms with E-state index >= 15 is 0 Å². The molecule has 0 heterocycles. The van der Waals surface area contributed by atoms with Gasteiger partial charge in [-0.2, -0.15) is 0 Å². The van der Waals surface area contributed by atoms with Crippen molar-refractivity contribution in [1.29, 1.82) is 0 Å². The Bertz CT molecular complexity index is 331. The van der Waals surface area contributed by atoms with Crippen LogP contribution < -0.4 is 5.32 Å². The zero-order chi connectivity index (χ0) is 12.0. The molecule has 0 radical (unpaired) electrons. The van der Waals surface area contributed by atoms with Crippen LogP contribution in [0.3, 0.4) is 0 Å². The minimum Gasteiger partial charge on any atom is -0.505 e. The quantitative estimate of drug-likeness (QED) is 0.781. The third-order valence-electron chi connectivity index (χ3n) is 2.47.